The summed E-state index contributed by atoms with van der Waals surface area (Å²) in [5.74, 6) is -0.206. The fourth-order valence-electron chi connectivity index (χ4n) is 4.16. The van der Waals surface area contributed by atoms with E-state index in [-0.39, 0.29) is 17.6 Å². The van der Waals surface area contributed by atoms with E-state index in [2.05, 4.69) is 20.4 Å². The van der Waals surface area contributed by atoms with Gasteiger partial charge in [0.1, 0.15) is 11.6 Å². The van der Waals surface area contributed by atoms with Crippen molar-refractivity contribution in [3.63, 3.8) is 0 Å². The summed E-state index contributed by atoms with van der Waals surface area (Å²) in [7, 11) is 1.39. The lowest BCUT2D eigenvalue weighted by molar-refractivity contribution is -0.152. The Bertz CT molecular complexity index is 1010. The number of hydrogen-bond acceptors (Lipinski definition) is 7. The maximum Gasteiger partial charge on any atom is 0.416 e. The summed E-state index contributed by atoms with van der Waals surface area (Å²) in [6, 6.07) is 4.66. The summed E-state index contributed by atoms with van der Waals surface area (Å²) in [5, 5.41) is 21.8. The standard InChI is InChI=1S/C23H29F3N4O3/c1-14-10-19(27-16-6-5-9-30(12-16)13-22(2,3)21(32)33-4)28-29-20(14)17-8-7-15(11-18(17)31)23(24,25)26/h7-8,10-11,16,31H,5-6,9,12-13H2,1-4H3,(H,27,28). The summed E-state index contributed by atoms with van der Waals surface area (Å²) >= 11 is 0. The number of alkyl halides is 3. The van der Waals surface area contributed by atoms with Gasteiger partial charge in [-0.1, -0.05) is 0 Å². The van der Waals surface area contributed by atoms with E-state index >= 15 is 0 Å². The predicted octanol–water partition coefficient (Wildman–Crippen LogP) is 4.25. The van der Waals surface area contributed by atoms with Crippen LogP contribution in [0.3, 0.4) is 0 Å². The van der Waals surface area contributed by atoms with Crippen molar-refractivity contribution in [3.8, 4) is 17.0 Å². The zero-order chi connectivity index (χ0) is 24.4. The van der Waals surface area contributed by atoms with Gasteiger partial charge in [-0.3, -0.25) is 4.79 Å². The Kier molecular flexibility index (Phi) is 7.16. The molecule has 1 fully saturated rings. The predicted molar refractivity (Wildman–Crippen MR) is 118 cm³/mol. The molecule has 2 N–H and O–H groups in total. The second-order valence-corrected chi connectivity index (χ2v) is 9.08. The molecule has 1 unspecified atom stereocenters. The number of methoxy groups -OCH3 is 1. The quantitative estimate of drug-likeness (QED) is 0.616. The van der Waals surface area contributed by atoms with Crippen LogP contribution in [0.2, 0.25) is 0 Å². The largest absolute Gasteiger partial charge is 0.507 e. The van der Waals surface area contributed by atoms with Crippen LogP contribution in [0.5, 0.6) is 5.75 Å². The molecular weight excluding hydrogens is 437 g/mol. The summed E-state index contributed by atoms with van der Waals surface area (Å²) in [6.07, 6.45) is -2.65. The number of phenolic OH excluding ortho intramolecular Hbond substituents is 1. The van der Waals surface area contributed by atoms with Gasteiger partial charge in [0.05, 0.1) is 23.8 Å². The maximum absolute atomic E-state index is 12.9. The third-order valence-corrected chi connectivity index (χ3v) is 5.78. The van der Waals surface area contributed by atoms with Crippen LogP contribution >= 0.6 is 0 Å². The smallest absolute Gasteiger partial charge is 0.416 e. The van der Waals surface area contributed by atoms with Crippen LogP contribution in [0.1, 0.15) is 37.8 Å². The van der Waals surface area contributed by atoms with E-state index in [0.29, 0.717) is 29.7 Å². The number of benzene rings is 1. The van der Waals surface area contributed by atoms with Crippen molar-refractivity contribution >= 4 is 11.8 Å². The number of phenols is 1. The Balaban J connectivity index is 1.70. The molecule has 3 rings (SSSR count). The molecule has 1 aromatic heterocycles. The first-order valence-corrected chi connectivity index (χ1v) is 10.7. The number of nitrogens with zero attached hydrogens (tertiary/aromatic N) is 3. The van der Waals surface area contributed by atoms with Crippen molar-refractivity contribution < 1.29 is 27.8 Å². The molecule has 0 saturated carbocycles. The van der Waals surface area contributed by atoms with E-state index in [9.17, 15) is 23.1 Å². The number of esters is 1. The number of carbonyl (C=O) groups excluding carboxylic acids is 1. The van der Waals surface area contributed by atoms with Gasteiger partial charge in [-0.15, -0.1) is 10.2 Å². The number of ether oxygens (including phenoxy) is 1. The van der Waals surface area contributed by atoms with Gasteiger partial charge < -0.3 is 20.1 Å². The second-order valence-electron chi connectivity index (χ2n) is 9.08. The van der Waals surface area contributed by atoms with Gasteiger partial charge in [0, 0.05) is 24.7 Å². The average molecular weight is 467 g/mol. The minimum absolute atomic E-state index is 0.103. The van der Waals surface area contributed by atoms with Gasteiger partial charge in [-0.2, -0.15) is 13.2 Å². The number of halogens is 3. The molecule has 1 atom stereocenters. The Hall–Kier alpha value is -2.88. The van der Waals surface area contributed by atoms with Crippen molar-refractivity contribution in [1.82, 2.24) is 15.1 Å². The highest BCUT2D eigenvalue weighted by Crippen LogP contribution is 2.37. The molecule has 1 aliphatic rings. The van der Waals surface area contributed by atoms with E-state index in [1.54, 1.807) is 13.0 Å². The van der Waals surface area contributed by atoms with Crippen LogP contribution < -0.4 is 5.32 Å². The Labute approximate surface area is 191 Å². The van der Waals surface area contributed by atoms with Crippen molar-refractivity contribution in [3.05, 3.63) is 35.4 Å². The first-order valence-electron chi connectivity index (χ1n) is 10.7. The van der Waals surface area contributed by atoms with E-state index in [4.69, 9.17) is 4.74 Å². The average Bonchev–Trinajstić information content (AvgIpc) is 2.73. The van der Waals surface area contributed by atoms with Crippen molar-refractivity contribution in [2.75, 3.05) is 32.1 Å². The number of aromatic hydroxyl groups is 1. The highest BCUT2D eigenvalue weighted by Gasteiger charge is 2.33. The van der Waals surface area contributed by atoms with Gasteiger partial charge >= 0.3 is 12.1 Å². The summed E-state index contributed by atoms with van der Waals surface area (Å²) < 4.78 is 43.5. The van der Waals surface area contributed by atoms with Crippen molar-refractivity contribution in [2.45, 2.75) is 45.8 Å². The number of carbonyl (C=O) groups is 1. The molecule has 0 amide bonds. The minimum Gasteiger partial charge on any atom is -0.507 e. The van der Waals surface area contributed by atoms with Gasteiger partial charge in [-0.25, -0.2) is 0 Å². The van der Waals surface area contributed by atoms with Gasteiger partial charge in [0.15, 0.2) is 0 Å². The molecule has 2 heterocycles. The molecule has 33 heavy (non-hydrogen) atoms. The molecule has 7 nitrogen and oxygen atoms in total. The van der Waals surface area contributed by atoms with Crippen molar-refractivity contribution in [1.29, 1.82) is 0 Å². The Morgan fingerprint density at radius 2 is 2.00 bits per heavy atom. The van der Waals surface area contributed by atoms with Crippen LogP contribution in [0, 0.1) is 12.3 Å². The second kappa shape index (κ2) is 9.54. The maximum atomic E-state index is 12.9. The number of rotatable bonds is 6. The van der Waals surface area contributed by atoms with E-state index in [1.165, 1.54) is 13.2 Å². The van der Waals surface area contributed by atoms with E-state index < -0.39 is 22.9 Å². The third-order valence-electron chi connectivity index (χ3n) is 5.78. The molecule has 180 valence electrons. The molecule has 0 radical (unpaired) electrons. The number of hydrogen-bond donors (Lipinski definition) is 2. The first-order chi connectivity index (χ1) is 15.4. The monoisotopic (exact) mass is 466 g/mol. The van der Waals surface area contributed by atoms with E-state index in [0.717, 1.165) is 32.0 Å². The molecule has 0 bridgehead atoms. The van der Waals surface area contributed by atoms with Gasteiger partial charge in [-0.05, 0) is 70.0 Å². The fourth-order valence-corrected chi connectivity index (χ4v) is 4.16. The summed E-state index contributed by atoms with van der Waals surface area (Å²) in [5.41, 5.74) is -0.365. The molecule has 1 saturated heterocycles. The Morgan fingerprint density at radius 3 is 2.61 bits per heavy atom. The molecule has 1 aliphatic heterocycles. The normalized spacial score (nSPS) is 17.6. The zero-order valence-electron chi connectivity index (χ0n) is 19.2. The Morgan fingerprint density at radius 1 is 1.27 bits per heavy atom. The van der Waals surface area contributed by atoms with Crippen LogP contribution in [0.25, 0.3) is 11.3 Å². The lowest BCUT2D eigenvalue weighted by Crippen LogP contribution is -2.47. The van der Waals surface area contributed by atoms with Crippen LogP contribution in [-0.4, -0.2) is 59.0 Å². The van der Waals surface area contributed by atoms with Crippen LogP contribution in [0.15, 0.2) is 24.3 Å². The number of aromatic nitrogens is 2. The third kappa shape index (κ3) is 5.93. The minimum atomic E-state index is -4.54. The number of aryl methyl sites for hydroxylation is 1. The van der Waals surface area contributed by atoms with Crippen molar-refractivity contribution in [2.24, 2.45) is 5.41 Å². The van der Waals surface area contributed by atoms with Gasteiger partial charge in [0.2, 0.25) is 0 Å². The van der Waals surface area contributed by atoms with Gasteiger partial charge in [0.25, 0.3) is 0 Å². The lowest BCUT2D eigenvalue weighted by Gasteiger charge is -2.37. The zero-order valence-corrected chi connectivity index (χ0v) is 19.2. The lowest BCUT2D eigenvalue weighted by atomic mass is 9.91. The molecule has 0 aliphatic carbocycles. The summed E-state index contributed by atoms with van der Waals surface area (Å²) in [6.45, 7) is 7.67. The van der Waals surface area contributed by atoms with Crippen LogP contribution in [0.4, 0.5) is 19.0 Å². The SMILES string of the molecule is COC(=O)C(C)(C)CN1CCCC(Nc2cc(C)c(-c3ccc(C(F)(F)F)cc3O)nn2)C1. The highest BCUT2D eigenvalue weighted by atomic mass is 19.4. The number of anilines is 1. The molecular formula is C23H29F3N4O3. The molecule has 10 heteroatoms. The van der Waals surface area contributed by atoms with E-state index in [1.807, 2.05) is 13.8 Å². The number of nitrogens with one attached hydrogen (secondary N) is 1. The van der Waals surface area contributed by atoms with Crippen LogP contribution in [-0.2, 0) is 15.7 Å². The first kappa shape index (κ1) is 24.8. The topological polar surface area (TPSA) is 87.6 Å². The fraction of sp³-hybridized carbons (Fsp3) is 0.522. The molecule has 0 spiro atoms. The number of likely N-dealkylation sites (tertiary alicyclic amines) is 1. The summed E-state index contributed by atoms with van der Waals surface area (Å²) in [4.78, 5) is 14.2. The molecule has 1 aromatic carbocycles. The highest BCUT2D eigenvalue weighted by molar-refractivity contribution is 5.76. The molecule has 2 aromatic rings. The number of piperidine rings is 1.